The molecule has 0 bridgehead atoms. The highest BCUT2D eigenvalue weighted by molar-refractivity contribution is 5.98. The van der Waals surface area contributed by atoms with Crippen LogP contribution < -0.4 is 4.74 Å². The number of hydrogen-bond acceptors (Lipinski definition) is 3. The van der Waals surface area contributed by atoms with Crippen molar-refractivity contribution in [1.29, 1.82) is 0 Å². The Labute approximate surface area is 118 Å². The standard InChI is InChI=1S/C16H19NO3/c1-2-3-4-7-10-20-15-12-8-5-6-9-14(12)17-11-13(15)16(18)19/h5-6,8-9,11H,2-4,7,10H2,1H3,(H,18,19). The lowest BCUT2D eigenvalue weighted by Crippen LogP contribution is -2.06. The summed E-state index contributed by atoms with van der Waals surface area (Å²) in [5, 5.41) is 10.00. The number of para-hydroxylation sites is 1. The Morgan fingerprint density at radius 3 is 2.80 bits per heavy atom. The maximum Gasteiger partial charge on any atom is 0.341 e. The zero-order valence-electron chi connectivity index (χ0n) is 11.6. The van der Waals surface area contributed by atoms with E-state index in [1.54, 1.807) is 0 Å². The molecule has 106 valence electrons. The van der Waals surface area contributed by atoms with Crippen LogP contribution in [0.4, 0.5) is 0 Å². The van der Waals surface area contributed by atoms with Crippen molar-refractivity contribution in [3.63, 3.8) is 0 Å². The molecule has 0 aliphatic heterocycles. The van der Waals surface area contributed by atoms with E-state index in [-0.39, 0.29) is 5.56 Å². The fourth-order valence-electron chi connectivity index (χ4n) is 2.13. The van der Waals surface area contributed by atoms with Gasteiger partial charge in [-0.3, -0.25) is 4.98 Å². The molecule has 1 aromatic carbocycles. The van der Waals surface area contributed by atoms with E-state index >= 15 is 0 Å². The van der Waals surface area contributed by atoms with Gasteiger partial charge in [-0.05, 0) is 18.6 Å². The highest BCUT2D eigenvalue weighted by Crippen LogP contribution is 2.28. The zero-order valence-corrected chi connectivity index (χ0v) is 11.6. The quantitative estimate of drug-likeness (QED) is 0.777. The smallest absolute Gasteiger partial charge is 0.341 e. The largest absolute Gasteiger partial charge is 0.492 e. The van der Waals surface area contributed by atoms with Gasteiger partial charge >= 0.3 is 5.97 Å². The van der Waals surface area contributed by atoms with Crippen LogP contribution in [0.25, 0.3) is 10.9 Å². The highest BCUT2D eigenvalue weighted by atomic mass is 16.5. The Morgan fingerprint density at radius 2 is 2.05 bits per heavy atom. The third-order valence-electron chi connectivity index (χ3n) is 3.20. The minimum atomic E-state index is -1.01. The number of aromatic carboxylic acids is 1. The first kappa shape index (κ1) is 14.3. The van der Waals surface area contributed by atoms with E-state index in [0.717, 1.165) is 23.7 Å². The van der Waals surface area contributed by atoms with E-state index in [2.05, 4.69) is 11.9 Å². The SMILES string of the molecule is CCCCCCOc1c(C(=O)O)cnc2ccccc12. The average molecular weight is 273 g/mol. The summed E-state index contributed by atoms with van der Waals surface area (Å²) in [6.45, 7) is 2.69. The number of carbonyl (C=O) groups is 1. The Morgan fingerprint density at radius 1 is 1.25 bits per heavy atom. The lowest BCUT2D eigenvalue weighted by molar-refractivity contribution is 0.0692. The van der Waals surface area contributed by atoms with Crippen molar-refractivity contribution >= 4 is 16.9 Å². The second kappa shape index (κ2) is 6.89. The topological polar surface area (TPSA) is 59.4 Å². The zero-order chi connectivity index (χ0) is 14.4. The second-order valence-electron chi connectivity index (χ2n) is 4.73. The monoisotopic (exact) mass is 273 g/mol. The van der Waals surface area contributed by atoms with Gasteiger partial charge in [0.25, 0.3) is 0 Å². The number of carboxylic acid groups (broad SMARTS) is 1. The van der Waals surface area contributed by atoms with Crippen LogP contribution in [0.2, 0.25) is 0 Å². The fraction of sp³-hybridized carbons (Fsp3) is 0.375. The maximum atomic E-state index is 11.3. The molecule has 4 nitrogen and oxygen atoms in total. The van der Waals surface area contributed by atoms with E-state index < -0.39 is 5.97 Å². The van der Waals surface area contributed by atoms with Gasteiger partial charge in [-0.15, -0.1) is 0 Å². The molecule has 4 heteroatoms. The lowest BCUT2D eigenvalue weighted by Gasteiger charge is -2.11. The second-order valence-corrected chi connectivity index (χ2v) is 4.73. The van der Waals surface area contributed by atoms with Gasteiger partial charge in [0.2, 0.25) is 0 Å². The first-order valence-electron chi connectivity index (χ1n) is 6.98. The molecule has 0 amide bonds. The molecule has 1 N–H and O–H groups in total. The summed E-state index contributed by atoms with van der Waals surface area (Å²) >= 11 is 0. The number of aromatic nitrogens is 1. The Bertz CT molecular complexity index is 595. The van der Waals surface area contributed by atoms with Crippen LogP contribution in [0.3, 0.4) is 0 Å². The Hall–Kier alpha value is -2.10. The van der Waals surface area contributed by atoms with E-state index in [9.17, 15) is 9.90 Å². The molecule has 0 unspecified atom stereocenters. The number of hydrogen-bond donors (Lipinski definition) is 1. The fourth-order valence-corrected chi connectivity index (χ4v) is 2.13. The van der Waals surface area contributed by atoms with Crippen LogP contribution in [0.5, 0.6) is 5.75 Å². The van der Waals surface area contributed by atoms with Crippen molar-refractivity contribution < 1.29 is 14.6 Å². The van der Waals surface area contributed by atoms with E-state index in [4.69, 9.17) is 4.74 Å². The maximum absolute atomic E-state index is 11.3. The molecule has 0 fully saturated rings. The van der Waals surface area contributed by atoms with Gasteiger partial charge in [0.1, 0.15) is 11.3 Å². The minimum absolute atomic E-state index is 0.124. The van der Waals surface area contributed by atoms with E-state index in [1.165, 1.54) is 19.0 Å². The predicted octanol–water partition coefficient (Wildman–Crippen LogP) is 3.89. The highest BCUT2D eigenvalue weighted by Gasteiger charge is 2.15. The lowest BCUT2D eigenvalue weighted by atomic mass is 10.1. The molecule has 20 heavy (non-hydrogen) atoms. The van der Waals surface area contributed by atoms with Crippen LogP contribution in [0.15, 0.2) is 30.5 Å². The number of carboxylic acids is 1. The minimum Gasteiger partial charge on any atom is -0.492 e. The average Bonchev–Trinajstić information content (AvgIpc) is 2.46. The van der Waals surface area contributed by atoms with Crippen molar-refractivity contribution in [1.82, 2.24) is 4.98 Å². The molecule has 1 aromatic heterocycles. The van der Waals surface area contributed by atoms with Crippen LogP contribution in [0, 0.1) is 0 Å². The van der Waals surface area contributed by atoms with Crippen molar-refractivity contribution in [3.8, 4) is 5.75 Å². The van der Waals surface area contributed by atoms with E-state index in [1.807, 2.05) is 24.3 Å². The number of nitrogens with zero attached hydrogens (tertiary/aromatic N) is 1. The molecule has 0 aliphatic rings. The molecule has 0 radical (unpaired) electrons. The van der Waals surface area contributed by atoms with Gasteiger partial charge in [0.05, 0.1) is 12.1 Å². The predicted molar refractivity (Wildman–Crippen MR) is 78.3 cm³/mol. The molecular weight excluding hydrogens is 254 g/mol. The van der Waals surface area contributed by atoms with Gasteiger partial charge in [-0.1, -0.05) is 38.3 Å². The van der Waals surface area contributed by atoms with Gasteiger partial charge in [-0.25, -0.2) is 4.79 Å². The molecule has 0 spiro atoms. The van der Waals surface area contributed by atoms with Crippen molar-refractivity contribution in [3.05, 3.63) is 36.0 Å². The Balaban J connectivity index is 2.23. The number of benzene rings is 1. The summed E-state index contributed by atoms with van der Waals surface area (Å²) < 4.78 is 5.74. The Kier molecular flexibility index (Phi) is 4.93. The summed E-state index contributed by atoms with van der Waals surface area (Å²) in [5.74, 6) is -0.577. The third kappa shape index (κ3) is 3.26. The number of pyridine rings is 1. The van der Waals surface area contributed by atoms with E-state index in [0.29, 0.717) is 12.4 Å². The molecule has 0 aliphatic carbocycles. The molecular formula is C16H19NO3. The van der Waals surface area contributed by atoms with Gasteiger partial charge in [-0.2, -0.15) is 0 Å². The molecule has 0 saturated heterocycles. The number of rotatable bonds is 7. The van der Waals surface area contributed by atoms with Gasteiger partial charge in [0, 0.05) is 11.6 Å². The summed E-state index contributed by atoms with van der Waals surface area (Å²) in [6.07, 6.45) is 5.74. The third-order valence-corrected chi connectivity index (χ3v) is 3.20. The number of fused-ring (bicyclic) bond motifs is 1. The summed E-state index contributed by atoms with van der Waals surface area (Å²) in [7, 11) is 0. The van der Waals surface area contributed by atoms with Gasteiger partial charge < -0.3 is 9.84 Å². The number of unbranched alkanes of at least 4 members (excludes halogenated alkanes) is 3. The van der Waals surface area contributed by atoms with Crippen LogP contribution in [0.1, 0.15) is 43.0 Å². The van der Waals surface area contributed by atoms with Crippen molar-refractivity contribution in [2.75, 3.05) is 6.61 Å². The summed E-state index contributed by atoms with van der Waals surface area (Å²) in [4.78, 5) is 15.4. The van der Waals surface area contributed by atoms with Crippen molar-refractivity contribution in [2.24, 2.45) is 0 Å². The summed E-state index contributed by atoms with van der Waals surface area (Å²) in [6, 6.07) is 7.43. The normalized spacial score (nSPS) is 10.7. The summed E-state index contributed by atoms with van der Waals surface area (Å²) in [5.41, 5.74) is 0.875. The molecule has 1 heterocycles. The van der Waals surface area contributed by atoms with Crippen LogP contribution in [-0.2, 0) is 0 Å². The first-order chi connectivity index (χ1) is 9.74. The molecule has 0 saturated carbocycles. The molecule has 2 aromatic rings. The van der Waals surface area contributed by atoms with Crippen LogP contribution >= 0.6 is 0 Å². The number of ether oxygens (including phenoxy) is 1. The molecule has 2 rings (SSSR count). The molecule has 0 atom stereocenters. The first-order valence-corrected chi connectivity index (χ1v) is 6.98. The van der Waals surface area contributed by atoms with Crippen LogP contribution in [-0.4, -0.2) is 22.7 Å². The van der Waals surface area contributed by atoms with Gasteiger partial charge in [0.15, 0.2) is 0 Å². The van der Waals surface area contributed by atoms with Crippen molar-refractivity contribution in [2.45, 2.75) is 32.6 Å².